The van der Waals surface area contributed by atoms with Gasteiger partial charge in [0, 0.05) is 0 Å². The molecular weight excluding hydrogens is 338 g/mol. The summed E-state index contributed by atoms with van der Waals surface area (Å²) in [7, 11) is 1.51. The van der Waals surface area contributed by atoms with Crippen molar-refractivity contribution in [2.45, 2.75) is 96.8 Å². The van der Waals surface area contributed by atoms with E-state index in [4.69, 9.17) is 0 Å². The van der Waals surface area contributed by atoms with E-state index >= 15 is 0 Å². The Labute approximate surface area is 157 Å². The molecule has 0 aromatic carbocycles. The Balaban J connectivity index is 0. The normalized spacial score (nSPS) is 11.4. The molecule has 0 amide bonds. The first-order chi connectivity index (χ1) is 11.8. The van der Waals surface area contributed by atoms with Crippen LogP contribution in [0.4, 0.5) is 0 Å². The molecule has 0 saturated carbocycles. The van der Waals surface area contributed by atoms with Crippen LogP contribution in [0.2, 0.25) is 0 Å². The number of rotatable bonds is 16. The second-order valence-corrected chi connectivity index (χ2v) is 8.22. The van der Waals surface area contributed by atoms with Gasteiger partial charge in [0.2, 0.25) is 10.4 Å². The molecule has 0 aromatic rings. The topological polar surface area (TPSA) is 69.7 Å². The maximum absolute atomic E-state index is 10.2. The zero-order chi connectivity index (χ0) is 19.4. The van der Waals surface area contributed by atoms with Crippen LogP contribution in [0.15, 0.2) is 0 Å². The summed E-state index contributed by atoms with van der Waals surface area (Å²) in [6.45, 7) is 2.28. The number of hydrogen-bond donors (Lipinski definition) is 0. The maximum atomic E-state index is 10.2. The second kappa shape index (κ2) is 20.1. The Morgan fingerprint density at radius 1 is 0.680 bits per heavy atom. The van der Waals surface area contributed by atoms with Crippen molar-refractivity contribution in [1.82, 2.24) is 4.90 Å². The third kappa shape index (κ3) is 35.7. The Bertz CT molecular complexity index is 343. The minimum atomic E-state index is -4.49. The molecule has 154 valence electrons. The van der Waals surface area contributed by atoms with Crippen molar-refractivity contribution in [2.24, 2.45) is 0 Å². The molecule has 0 aliphatic rings. The molecule has 0 heterocycles. The SMILES string of the molecule is CCCCCCCCCCCCCCCCOS(=O)(=O)[O-].CN(C)C. The quantitative estimate of drug-likeness (QED) is 0.211. The zero-order valence-electron chi connectivity index (χ0n) is 17.1. The van der Waals surface area contributed by atoms with Crippen molar-refractivity contribution in [2.75, 3.05) is 27.7 Å². The van der Waals surface area contributed by atoms with Crippen LogP contribution in [-0.4, -0.2) is 45.6 Å². The van der Waals surface area contributed by atoms with Gasteiger partial charge in [-0.1, -0.05) is 90.4 Å². The summed E-state index contributed by atoms with van der Waals surface area (Å²) >= 11 is 0. The lowest BCUT2D eigenvalue weighted by Crippen LogP contribution is -2.05. The monoisotopic (exact) mass is 380 g/mol. The summed E-state index contributed by atoms with van der Waals surface area (Å²) in [5.41, 5.74) is 0. The van der Waals surface area contributed by atoms with Gasteiger partial charge in [0.05, 0.1) is 6.61 Å². The van der Waals surface area contributed by atoms with Crippen LogP contribution in [0, 0.1) is 0 Å². The molecule has 5 nitrogen and oxygen atoms in total. The summed E-state index contributed by atoms with van der Waals surface area (Å²) < 4.78 is 34.7. The highest BCUT2D eigenvalue weighted by Crippen LogP contribution is 2.12. The highest BCUT2D eigenvalue weighted by Gasteiger charge is 1.96. The van der Waals surface area contributed by atoms with Gasteiger partial charge in [-0.3, -0.25) is 4.18 Å². The maximum Gasteiger partial charge on any atom is 0.217 e. The van der Waals surface area contributed by atoms with Crippen molar-refractivity contribution in [1.29, 1.82) is 0 Å². The number of hydrogen-bond acceptors (Lipinski definition) is 5. The molecule has 0 bridgehead atoms. The molecule has 0 rings (SSSR count). The Morgan fingerprint density at radius 3 is 1.24 bits per heavy atom. The van der Waals surface area contributed by atoms with Gasteiger partial charge in [-0.2, -0.15) is 0 Å². The van der Waals surface area contributed by atoms with Crippen LogP contribution >= 0.6 is 0 Å². The highest BCUT2D eigenvalue weighted by molar-refractivity contribution is 7.80. The average Bonchev–Trinajstić information content (AvgIpc) is 2.49. The van der Waals surface area contributed by atoms with E-state index in [2.05, 4.69) is 11.1 Å². The molecule has 0 aliphatic heterocycles. The summed E-state index contributed by atoms with van der Waals surface area (Å²) in [6.07, 6.45) is 17.4. The van der Waals surface area contributed by atoms with Gasteiger partial charge in [-0.25, -0.2) is 8.42 Å². The zero-order valence-corrected chi connectivity index (χ0v) is 17.9. The van der Waals surface area contributed by atoms with Crippen LogP contribution in [0.25, 0.3) is 0 Å². The van der Waals surface area contributed by atoms with Gasteiger partial charge in [0.25, 0.3) is 0 Å². The third-order valence-electron chi connectivity index (χ3n) is 3.73. The molecule has 0 unspecified atom stereocenters. The molecule has 0 aromatic heterocycles. The van der Waals surface area contributed by atoms with Crippen molar-refractivity contribution in [3.63, 3.8) is 0 Å². The summed E-state index contributed by atoms with van der Waals surface area (Å²) in [5.74, 6) is 0. The number of nitrogens with zero attached hydrogens (tertiary/aromatic N) is 1. The molecule has 0 atom stereocenters. The van der Waals surface area contributed by atoms with Gasteiger partial charge in [0.15, 0.2) is 0 Å². The van der Waals surface area contributed by atoms with Gasteiger partial charge in [-0.15, -0.1) is 0 Å². The Hall–Kier alpha value is -0.170. The predicted molar refractivity (Wildman–Crippen MR) is 106 cm³/mol. The van der Waals surface area contributed by atoms with E-state index < -0.39 is 10.4 Å². The fraction of sp³-hybridized carbons (Fsp3) is 1.00. The summed E-state index contributed by atoms with van der Waals surface area (Å²) in [6, 6.07) is 0. The molecule has 0 saturated heterocycles. The van der Waals surface area contributed by atoms with Crippen molar-refractivity contribution >= 4 is 10.4 Å². The van der Waals surface area contributed by atoms with Crippen LogP contribution in [0.5, 0.6) is 0 Å². The molecule has 0 fully saturated rings. The van der Waals surface area contributed by atoms with Crippen molar-refractivity contribution < 1.29 is 17.2 Å². The Morgan fingerprint density at radius 2 is 0.960 bits per heavy atom. The van der Waals surface area contributed by atoms with Crippen LogP contribution in [-0.2, 0) is 14.6 Å². The van der Waals surface area contributed by atoms with Gasteiger partial charge >= 0.3 is 0 Å². The lowest BCUT2D eigenvalue weighted by molar-refractivity contribution is 0.255. The van der Waals surface area contributed by atoms with Gasteiger partial charge < -0.3 is 9.45 Å². The van der Waals surface area contributed by atoms with E-state index in [-0.39, 0.29) is 6.61 Å². The summed E-state index contributed by atoms with van der Waals surface area (Å²) in [5, 5.41) is 0. The van der Waals surface area contributed by atoms with E-state index in [9.17, 15) is 13.0 Å². The van der Waals surface area contributed by atoms with E-state index in [0.717, 1.165) is 12.8 Å². The minimum Gasteiger partial charge on any atom is -0.726 e. The largest absolute Gasteiger partial charge is 0.726 e. The van der Waals surface area contributed by atoms with Crippen molar-refractivity contribution in [3.8, 4) is 0 Å². The molecule has 0 aliphatic carbocycles. The first-order valence-corrected chi connectivity index (χ1v) is 11.3. The van der Waals surface area contributed by atoms with Crippen LogP contribution in [0.3, 0.4) is 0 Å². The first kappa shape index (κ1) is 27.1. The van der Waals surface area contributed by atoms with Crippen LogP contribution < -0.4 is 0 Å². The molecule has 0 N–H and O–H groups in total. The molecule has 0 radical (unpaired) electrons. The molecule has 0 spiro atoms. The van der Waals surface area contributed by atoms with E-state index in [1.165, 1.54) is 70.6 Å². The first-order valence-electron chi connectivity index (χ1n) is 10.0. The molecular formula is C19H42NO4S-. The van der Waals surface area contributed by atoms with Gasteiger partial charge in [-0.05, 0) is 27.6 Å². The Kier molecular flexibility index (Phi) is 21.8. The third-order valence-corrected chi connectivity index (χ3v) is 4.18. The fourth-order valence-corrected chi connectivity index (χ4v) is 2.78. The van der Waals surface area contributed by atoms with E-state index in [0.29, 0.717) is 6.42 Å². The predicted octanol–water partition coefficient (Wildman–Crippen LogP) is 5.12. The minimum absolute atomic E-state index is 0.0316. The average molecular weight is 381 g/mol. The highest BCUT2D eigenvalue weighted by atomic mass is 32.3. The fourth-order valence-electron chi connectivity index (χ4n) is 2.46. The smallest absolute Gasteiger partial charge is 0.217 e. The van der Waals surface area contributed by atoms with Gasteiger partial charge in [0.1, 0.15) is 0 Å². The standard InChI is InChI=1S/C16H34O4S.C3H9N/c1-2-3-4-5-6-7-8-9-10-11-12-13-14-15-16-20-21(17,18)19;1-4(2)3/h2-16H2,1H3,(H,17,18,19);1-3H3/p-1. The summed E-state index contributed by atoms with van der Waals surface area (Å²) in [4.78, 5) is 2.00. The molecule has 25 heavy (non-hydrogen) atoms. The van der Waals surface area contributed by atoms with Crippen molar-refractivity contribution in [3.05, 3.63) is 0 Å². The second-order valence-electron chi connectivity index (χ2n) is 7.17. The number of unbranched alkanes of at least 4 members (excludes halogenated alkanes) is 13. The van der Waals surface area contributed by atoms with E-state index in [1.54, 1.807) is 0 Å². The lowest BCUT2D eigenvalue weighted by atomic mass is 10.0. The molecule has 6 heteroatoms. The lowest BCUT2D eigenvalue weighted by Gasteiger charge is -2.07. The van der Waals surface area contributed by atoms with E-state index in [1.807, 2.05) is 26.0 Å². The van der Waals surface area contributed by atoms with Crippen LogP contribution in [0.1, 0.15) is 96.8 Å².